The van der Waals surface area contributed by atoms with Crippen LogP contribution in [-0.2, 0) is 11.3 Å². The number of hydrogen-bond acceptors (Lipinski definition) is 5. The highest BCUT2D eigenvalue weighted by atomic mass is 127. The second-order valence-electron chi connectivity index (χ2n) is 7.84. The number of aromatic nitrogens is 1. The van der Waals surface area contributed by atoms with E-state index in [-0.39, 0.29) is 30.1 Å². The fraction of sp³-hybridized carbons (Fsp3) is 0.650. The number of aliphatic imine (C=N–C) groups is 1. The van der Waals surface area contributed by atoms with E-state index in [1.165, 1.54) is 0 Å². The van der Waals surface area contributed by atoms with Gasteiger partial charge in [0.25, 0.3) is 0 Å². The van der Waals surface area contributed by atoms with Crippen LogP contribution < -0.4 is 10.6 Å². The van der Waals surface area contributed by atoms with Crippen LogP contribution in [0.2, 0.25) is 0 Å². The third kappa shape index (κ3) is 10.1. The number of piperazine rings is 1. The quantitative estimate of drug-likeness (QED) is 0.261. The number of rotatable bonds is 6. The summed E-state index contributed by atoms with van der Waals surface area (Å²) in [5.41, 5.74) is 0.538. The highest BCUT2D eigenvalue weighted by molar-refractivity contribution is 14.0. The summed E-state index contributed by atoms with van der Waals surface area (Å²) in [5, 5.41) is 6.60. The Morgan fingerprint density at radius 1 is 1.21 bits per heavy atom. The van der Waals surface area contributed by atoms with Crippen molar-refractivity contribution in [2.24, 2.45) is 4.99 Å². The number of ether oxygens (including phenoxy) is 1. The van der Waals surface area contributed by atoms with Crippen LogP contribution in [0.15, 0.2) is 29.4 Å². The highest BCUT2D eigenvalue weighted by Crippen LogP contribution is 2.11. The van der Waals surface area contributed by atoms with Crippen molar-refractivity contribution in [1.29, 1.82) is 0 Å². The summed E-state index contributed by atoms with van der Waals surface area (Å²) in [7, 11) is 1.77. The van der Waals surface area contributed by atoms with E-state index in [0.717, 1.165) is 57.3 Å². The Hall–Kier alpha value is -1.62. The molecular formula is C20H35IN6O2. The Bertz CT molecular complexity index is 628. The van der Waals surface area contributed by atoms with Gasteiger partial charge < -0.3 is 20.3 Å². The SMILES string of the molecule is CN=C(NCCCN1CCN(C(=O)OC(C)(C)C)CC1)NCc1ccccn1.I. The minimum absolute atomic E-state index is 0. The Balaban J connectivity index is 0.00000420. The molecule has 8 nitrogen and oxygen atoms in total. The molecule has 29 heavy (non-hydrogen) atoms. The van der Waals surface area contributed by atoms with Crippen LogP contribution in [0.25, 0.3) is 0 Å². The van der Waals surface area contributed by atoms with Gasteiger partial charge >= 0.3 is 6.09 Å². The molecule has 1 saturated heterocycles. The number of pyridine rings is 1. The van der Waals surface area contributed by atoms with Crippen LogP contribution in [0.4, 0.5) is 4.79 Å². The van der Waals surface area contributed by atoms with Gasteiger partial charge in [0.05, 0.1) is 12.2 Å². The summed E-state index contributed by atoms with van der Waals surface area (Å²) in [6.45, 7) is 11.4. The van der Waals surface area contributed by atoms with E-state index >= 15 is 0 Å². The molecule has 0 aromatic carbocycles. The zero-order chi connectivity index (χ0) is 20.4. The van der Waals surface area contributed by atoms with Crippen molar-refractivity contribution in [3.8, 4) is 0 Å². The number of nitrogens with zero attached hydrogens (tertiary/aromatic N) is 4. The normalized spacial score (nSPS) is 15.4. The molecule has 0 unspecified atom stereocenters. The average Bonchev–Trinajstić information content (AvgIpc) is 2.67. The number of hydrogen-bond donors (Lipinski definition) is 2. The molecule has 2 heterocycles. The third-order valence-electron chi connectivity index (χ3n) is 4.35. The first-order chi connectivity index (χ1) is 13.4. The van der Waals surface area contributed by atoms with Crippen molar-refractivity contribution in [2.45, 2.75) is 39.3 Å². The topological polar surface area (TPSA) is 82.1 Å². The predicted molar refractivity (Wildman–Crippen MR) is 127 cm³/mol. The Morgan fingerprint density at radius 2 is 1.93 bits per heavy atom. The molecule has 1 aromatic heterocycles. The molecule has 0 bridgehead atoms. The summed E-state index contributed by atoms with van der Waals surface area (Å²) < 4.78 is 5.44. The molecule has 0 saturated carbocycles. The van der Waals surface area contributed by atoms with Crippen LogP contribution in [0, 0.1) is 0 Å². The monoisotopic (exact) mass is 518 g/mol. The molecule has 1 amide bonds. The van der Waals surface area contributed by atoms with Gasteiger partial charge in [0.1, 0.15) is 5.60 Å². The van der Waals surface area contributed by atoms with E-state index < -0.39 is 5.60 Å². The lowest BCUT2D eigenvalue weighted by Crippen LogP contribution is -2.50. The molecule has 0 aliphatic carbocycles. The van der Waals surface area contributed by atoms with Crippen molar-refractivity contribution < 1.29 is 9.53 Å². The molecule has 0 radical (unpaired) electrons. The summed E-state index contributed by atoms with van der Waals surface area (Å²) in [6.07, 6.45) is 2.59. The Kier molecular flexibility index (Phi) is 11.3. The fourth-order valence-electron chi connectivity index (χ4n) is 2.89. The molecule has 0 spiro atoms. The second kappa shape index (κ2) is 12.8. The van der Waals surface area contributed by atoms with Crippen LogP contribution in [-0.4, -0.2) is 78.8 Å². The van der Waals surface area contributed by atoms with Crippen molar-refractivity contribution in [3.63, 3.8) is 0 Å². The van der Waals surface area contributed by atoms with E-state index in [2.05, 4.69) is 25.5 Å². The summed E-state index contributed by atoms with van der Waals surface area (Å²) in [5.74, 6) is 0.778. The van der Waals surface area contributed by atoms with E-state index in [0.29, 0.717) is 6.54 Å². The minimum atomic E-state index is -0.441. The first-order valence-corrected chi connectivity index (χ1v) is 9.92. The van der Waals surface area contributed by atoms with Crippen molar-refractivity contribution in [1.82, 2.24) is 25.4 Å². The Labute approximate surface area is 191 Å². The van der Waals surface area contributed by atoms with Gasteiger partial charge in [0.2, 0.25) is 0 Å². The van der Waals surface area contributed by atoms with Gasteiger partial charge in [-0.3, -0.25) is 14.9 Å². The van der Waals surface area contributed by atoms with Gasteiger partial charge in [-0.25, -0.2) is 4.79 Å². The third-order valence-corrected chi connectivity index (χ3v) is 4.35. The van der Waals surface area contributed by atoms with Gasteiger partial charge in [-0.2, -0.15) is 0 Å². The average molecular weight is 518 g/mol. The molecule has 2 rings (SSSR count). The maximum absolute atomic E-state index is 12.1. The number of carbonyl (C=O) groups is 1. The smallest absolute Gasteiger partial charge is 0.410 e. The highest BCUT2D eigenvalue weighted by Gasteiger charge is 2.25. The Morgan fingerprint density at radius 3 is 2.52 bits per heavy atom. The standard InChI is InChI=1S/C20H34N6O2.HI/c1-20(2,3)28-19(27)26-14-12-25(13-15-26)11-7-10-23-18(21-4)24-16-17-8-5-6-9-22-17;/h5-6,8-9H,7,10-16H2,1-4H3,(H2,21,23,24);1H. The van der Waals surface area contributed by atoms with E-state index in [1.807, 2.05) is 39.0 Å². The lowest BCUT2D eigenvalue weighted by Gasteiger charge is -2.35. The molecule has 1 fully saturated rings. The first kappa shape index (κ1) is 25.4. The lowest BCUT2D eigenvalue weighted by atomic mass is 10.2. The van der Waals surface area contributed by atoms with Crippen LogP contribution in [0.5, 0.6) is 0 Å². The molecule has 1 aliphatic heterocycles. The van der Waals surface area contributed by atoms with Crippen LogP contribution >= 0.6 is 24.0 Å². The number of carbonyl (C=O) groups excluding carboxylic acids is 1. The summed E-state index contributed by atoms with van der Waals surface area (Å²) in [6, 6.07) is 5.86. The molecule has 9 heteroatoms. The lowest BCUT2D eigenvalue weighted by molar-refractivity contribution is 0.0145. The van der Waals surface area contributed by atoms with Gasteiger partial charge in [-0.15, -0.1) is 24.0 Å². The molecule has 1 aromatic rings. The van der Waals surface area contributed by atoms with Crippen LogP contribution in [0.1, 0.15) is 32.9 Å². The largest absolute Gasteiger partial charge is 0.444 e. The van der Waals surface area contributed by atoms with Crippen molar-refractivity contribution in [2.75, 3.05) is 46.3 Å². The van der Waals surface area contributed by atoms with Crippen LogP contribution in [0.3, 0.4) is 0 Å². The molecule has 1 aliphatic rings. The van der Waals surface area contributed by atoms with E-state index in [1.54, 1.807) is 18.1 Å². The maximum Gasteiger partial charge on any atom is 0.410 e. The summed E-state index contributed by atoms with van der Waals surface area (Å²) >= 11 is 0. The van der Waals surface area contributed by atoms with Gasteiger partial charge in [0, 0.05) is 46.0 Å². The molecule has 2 N–H and O–H groups in total. The second-order valence-corrected chi connectivity index (χ2v) is 7.84. The van der Waals surface area contributed by atoms with E-state index in [4.69, 9.17) is 4.74 Å². The van der Waals surface area contributed by atoms with E-state index in [9.17, 15) is 4.79 Å². The number of guanidine groups is 1. The van der Waals surface area contributed by atoms with Crippen molar-refractivity contribution in [3.05, 3.63) is 30.1 Å². The number of amides is 1. The molecular weight excluding hydrogens is 483 g/mol. The number of halogens is 1. The van der Waals surface area contributed by atoms with Gasteiger partial charge in [-0.1, -0.05) is 6.07 Å². The zero-order valence-corrected chi connectivity index (χ0v) is 20.3. The number of nitrogens with one attached hydrogen (secondary N) is 2. The summed E-state index contributed by atoms with van der Waals surface area (Å²) in [4.78, 5) is 24.8. The molecule has 0 atom stereocenters. The zero-order valence-electron chi connectivity index (χ0n) is 18.0. The van der Waals surface area contributed by atoms with Crippen molar-refractivity contribution >= 4 is 36.0 Å². The predicted octanol–water partition coefficient (Wildman–Crippen LogP) is 2.31. The fourth-order valence-corrected chi connectivity index (χ4v) is 2.89. The van der Waals surface area contributed by atoms with Gasteiger partial charge in [-0.05, 0) is 45.9 Å². The minimum Gasteiger partial charge on any atom is -0.444 e. The first-order valence-electron chi connectivity index (χ1n) is 9.92. The maximum atomic E-state index is 12.1. The van der Waals surface area contributed by atoms with Gasteiger partial charge in [0.15, 0.2) is 5.96 Å². The molecule has 164 valence electrons.